The summed E-state index contributed by atoms with van der Waals surface area (Å²) in [6.45, 7) is 5.64. The van der Waals surface area contributed by atoms with Gasteiger partial charge in [-0.05, 0) is 38.1 Å². The van der Waals surface area contributed by atoms with Gasteiger partial charge in [-0.3, -0.25) is 14.6 Å². The number of aromatic hydroxyl groups is 1. The van der Waals surface area contributed by atoms with E-state index in [1.54, 1.807) is 0 Å². The van der Waals surface area contributed by atoms with Gasteiger partial charge in [-0.15, -0.1) is 0 Å². The fraction of sp³-hybridized carbons (Fsp3) is 0.565. The quantitative estimate of drug-likeness (QED) is 0.733. The van der Waals surface area contributed by atoms with Crippen LogP contribution in [0.3, 0.4) is 0 Å². The number of likely N-dealkylation sites (tertiary alicyclic amines) is 1. The molecule has 2 aromatic heterocycles. The van der Waals surface area contributed by atoms with Gasteiger partial charge < -0.3 is 14.6 Å². The molecule has 0 radical (unpaired) electrons. The number of piperidine rings is 1. The summed E-state index contributed by atoms with van der Waals surface area (Å²) in [6.07, 6.45) is 0.0339. The molecule has 4 rings (SSSR count). The molecule has 2 aliphatic rings. The lowest BCUT2D eigenvalue weighted by atomic mass is 10.1. The Morgan fingerprint density at radius 2 is 1.64 bits per heavy atom. The van der Waals surface area contributed by atoms with E-state index in [1.807, 2.05) is 16.5 Å². The minimum Gasteiger partial charge on any atom is -0.503 e. The van der Waals surface area contributed by atoms with Crippen LogP contribution < -0.4 is 10.3 Å². The Hall–Kier alpha value is -2.59. The minimum atomic E-state index is -4.40. The molecular formula is C23H30F3N5O2. The van der Waals surface area contributed by atoms with Gasteiger partial charge in [0.25, 0.3) is 0 Å². The van der Waals surface area contributed by atoms with Crippen LogP contribution in [0.25, 0.3) is 0 Å². The molecule has 4 heterocycles. The zero-order valence-corrected chi connectivity index (χ0v) is 18.8. The zero-order chi connectivity index (χ0) is 23.6. The lowest BCUT2D eigenvalue weighted by Gasteiger charge is -2.36. The molecule has 0 aromatic carbocycles. The van der Waals surface area contributed by atoms with Gasteiger partial charge in [0.1, 0.15) is 5.82 Å². The van der Waals surface area contributed by atoms with E-state index in [0.717, 1.165) is 43.9 Å². The van der Waals surface area contributed by atoms with E-state index in [0.29, 0.717) is 50.8 Å². The van der Waals surface area contributed by atoms with Gasteiger partial charge in [0.2, 0.25) is 5.43 Å². The third-order valence-corrected chi connectivity index (χ3v) is 6.62. The van der Waals surface area contributed by atoms with Crippen LogP contribution in [-0.4, -0.2) is 63.7 Å². The fourth-order valence-electron chi connectivity index (χ4n) is 4.56. The molecule has 0 aliphatic carbocycles. The molecule has 0 unspecified atom stereocenters. The van der Waals surface area contributed by atoms with Gasteiger partial charge in [-0.25, -0.2) is 4.98 Å². The van der Waals surface area contributed by atoms with E-state index >= 15 is 0 Å². The maximum absolute atomic E-state index is 12.8. The number of pyridine rings is 2. The first-order valence-electron chi connectivity index (χ1n) is 11.4. The second-order valence-corrected chi connectivity index (χ2v) is 8.86. The number of halogens is 3. The summed E-state index contributed by atoms with van der Waals surface area (Å²) in [5, 5.41) is 10.5. The topological polar surface area (TPSA) is 64.8 Å². The molecule has 0 bridgehead atoms. The summed E-state index contributed by atoms with van der Waals surface area (Å²) in [4.78, 5) is 22.8. The summed E-state index contributed by atoms with van der Waals surface area (Å²) in [5.41, 5.74) is 0.367. The smallest absolute Gasteiger partial charge is 0.417 e. The van der Waals surface area contributed by atoms with Crippen molar-refractivity contribution in [2.24, 2.45) is 7.05 Å². The van der Waals surface area contributed by atoms with Gasteiger partial charge in [0.05, 0.1) is 11.3 Å². The summed E-state index contributed by atoms with van der Waals surface area (Å²) in [5.74, 6) is 0.299. The highest BCUT2D eigenvalue weighted by atomic mass is 19.4. The van der Waals surface area contributed by atoms with Crippen molar-refractivity contribution < 1.29 is 18.3 Å². The zero-order valence-electron chi connectivity index (χ0n) is 18.8. The Balaban J connectivity index is 1.41. The fourth-order valence-corrected chi connectivity index (χ4v) is 4.56. The van der Waals surface area contributed by atoms with Gasteiger partial charge in [-0.2, -0.15) is 13.2 Å². The number of alkyl halides is 3. The summed E-state index contributed by atoms with van der Waals surface area (Å²) in [6, 6.07) is 3.98. The number of hydrogen-bond acceptors (Lipinski definition) is 6. The Bertz CT molecular complexity index is 1010. The molecular weight excluding hydrogens is 435 g/mol. The van der Waals surface area contributed by atoms with Crippen molar-refractivity contribution in [3.05, 3.63) is 51.6 Å². The van der Waals surface area contributed by atoms with Crippen molar-refractivity contribution in [3.63, 3.8) is 0 Å². The molecule has 0 spiro atoms. The summed E-state index contributed by atoms with van der Waals surface area (Å²) < 4.78 is 40.2. The number of nitrogens with zero attached hydrogens (tertiary/aromatic N) is 5. The van der Waals surface area contributed by atoms with Crippen molar-refractivity contribution in [1.82, 2.24) is 19.4 Å². The molecule has 1 N–H and O–H groups in total. The van der Waals surface area contributed by atoms with Crippen molar-refractivity contribution >= 4 is 5.82 Å². The van der Waals surface area contributed by atoms with Crippen molar-refractivity contribution in [3.8, 4) is 5.75 Å². The maximum atomic E-state index is 12.8. The molecule has 2 aliphatic heterocycles. The van der Waals surface area contributed by atoms with Crippen LogP contribution in [0.4, 0.5) is 19.0 Å². The number of piperazine rings is 1. The second kappa shape index (κ2) is 9.72. The lowest BCUT2D eigenvalue weighted by Crippen LogP contribution is -2.46. The van der Waals surface area contributed by atoms with Gasteiger partial charge in [-0.1, -0.05) is 6.42 Å². The van der Waals surface area contributed by atoms with Crippen LogP contribution in [0.15, 0.2) is 29.2 Å². The highest BCUT2D eigenvalue weighted by molar-refractivity contribution is 5.40. The largest absolute Gasteiger partial charge is 0.503 e. The number of anilines is 1. The average molecular weight is 466 g/mol. The van der Waals surface area contributed by atoms with Crippen LogP contribution in [0.5, 0.6) is 5.75 Å². The minimum absolute atomic E-state index is 0.216. The lowest BCUT2D eigenvalue weighted by molar-refractivity contribution is -0.137. The Labute approximate surface area is 191 Å². The van der Waals surface area contributed by atoms with E-state index in [2.05, 4.69) is 14.8 Å². The van der Waals surface area contributed by atoms with Gasteiger partial charge in [0.15, 0.2) is 5.75 Å². The predicted octanol–water partition coefficient (Wildman–Crippen LogP) is 2.81. The Morgan fingerprint density at radius 3 is 2.24 bits per heavy atom. The monoisotopic (exact) mass is 465 g/mol. The number of rotatable bonds is 5. The first-order valence-corrected chi connectivity index (χ1v) is 11.4. The molecule has 10 heteroatoms. The normalized spacial score (nSPS) is 18.6. The molecule has 0 atom stereocenters. The van der Waals surface area contributed by atoms with E-state index < -0.39 is 11.7 Å². The van der Waals surface area contributed by atoms with Crippen LogP contribution >= 0.6 is 0 Å². The SMILES string of the molecule is Cn1c(CN2CCCCC2)cc(=O)c(O)c1CN1CCN(c2ccc(C(F)(F)F)cn2)CC1. The average Bonchev–Trinajstić information content (AvgIpc) is 2.81. The second-order valence-electron chi connectivity index (χ2n) is 8.86. The van der Waals surface area contributed by atoms with E-state index in [9.17, 15) is 23.1 Å². The van der Waals surface area contributed by atoms with E-state index in [-0.39, 0.29) is 11.2 Å². The highest BCUT2D eigenvalue weighted by Crippen LogP contribution is 2.29. The standard InChI is InChI=1S/C23H30F3N5O2/c1-28-18(15-29-7-3-2-4-8-29)13-20(32)22(33)19(28)16-30-9-11-31(12-10-30)21-6-5-17(14-27-21)23(24,25)26/h5-6,13-14,33H,2-4,7-12,15-16H2,1H3. The van der Waals surface area contributed by atoms with Crippen LogP contribution in [0.2, 0.25) is 0 Å². The molecule has 0 saturated carbocycles. The van der Waals surface area contributed by atoms with Crippen LogP contribution in [-0.2, 0) is 26.3 Å². The third-order valence-electron chi connectivity index (χ3n) is 6.62. The summed E-state index contributed by atoms with van der Waals surface area (Å²) >= 11 is 0. The van der Waals surface area contributed by atoms with Crippen LogP contribution in [0, 0.1) is 0 Å². The maximum Gasteiger partial charge on any atom is 0.417 e. The van der Waals surface area contributed by atoms with Crippen molar-refractivity contribution in [2.45, 2.75) is 38.5 Å². The number of hydrogen-bond donors (Lipinski definition) is 1. The molecule has 2 saturated heterocycles. The summed E-state index contributed by atoms with van der Waals surface area (Å²) in [7, 11) is 1.89. The van der Waals surface area contributed by atoms with Crippen LogP contribution in [0.1, 0.15) is 36.2 Å². The van der Waals surface area contributed by atoms with E-state index in [1.165, 1.54) is 18.6 Å². The first kappa shape index (κ1) is 23.6. The highest BCUT2D eigenvalue weighted by Gasteiger charge is 2.31. The third kappa shape index (κ3) is 5.50. The number of aromatic nitrogens is 2. The molecule has 180 valence electrons. The van der Waals surface area contributed by atoms with Gasteiger partial charge >= 0.3 is 6.18 Å². The predicted molar refractivity (Wildman–Crippen MR) is 119 cm³/mol. The van der Waals surface area contributed by atoms with E-state index in [4.69, 9.17) is 0 Å². The molecule has 2 aromatic rings. The van der Waals surface area contributed by atoms with Gasteiger partial charge in [0, 0.05) is 64.3 Å². The Kier molecular flexibility index (Phi) is 6.94. The van der Waals surface area contributed by atoms with Crippen molar-refractivity contribution in [2.75, 3.05) is 44.2 Å². The Morgan fingerprint density at radius 1 is 0.970 bits per heavy atom. The molecule has 7 nitrogen and oxygen atoms in total. The van der Waals surface area contributed by atoms with Crippen molar-refractivity contribution in [1.29, 1.82) is 0 Å². The molecule has 2 fully saturated rings. The molecule has 0 amide bonds. The molecule has 33 heavy (non-hydrogen) atoms. The first-order chi connectivity index (χ1) is 15.7.